The van der Waals surface area contributed by atoms with E-state index in [-0.39, 0.29) is 21.9 Å². The number of halogens is 1. The Bertz CT molecular complexity index is 1110. The summed E-state index contributed by atoms with van der Waals surface area (Å²) in [5.41, 5.74) is 0.865. The topological polar surface area (TPSA) is 79.0 Å². The zero-order valence-electron chi connectivity index (χ0n) is 18.8. The van der Waals surface area contributed by atoms with E-state index in [1.165, 1.54) is 35.7 Å². The van der Waals surface area contributed by atoms with Crippen LogP contribution in [0.3, 0.4) is 0 Å². The first kappa shape index (κ1) is 23.5. The second kappa shape index (κ2) is 10.1. The lowest BCUT2D eigenvalue weighted by atomic mass is 10.1. The summed E-state index contributed by atoms with van der Waals surface area (Å²) >= 11 is 0. The SMILES string of the molecule is COc1ccc(C(=O)Nc2c(F)cccc2N2CCCC2)cc1S(=O)(=O)N1CCCCCC1. The molecule has 2 aromatic rings. The molecule has 2 heterocycles. The highest BCUT2D eigenvalue weighted by Gasteiger charge is 2.29. The maximum atomic E-state index is 14.7. The van der Waals surface area contributed by atoms with Gasteiger partial charge in [-0.1, -0.05) is 18.9 Å². The first-order valence-electron chi connectivity index (χ1n) is 11.4. The summed E-state index contributed by atoms with van der Waals surface area (Å²) in [7, 11) is -2.44. The summed E-state index contributed by atoms with van der Waals surface area (Å²) in [4.78, 5) is 15.1. The second-order valence-electron chi connectivity index (χ2n) is 8.47. The molecule has 9 heteroatoms. The predicted octanol–water partition coefficient (Wildman–Crippen LogP) is 4.25. The molecule has 1 N–H and O–H groups in total. The lowest BCUT2D eigenvalue weighted by Gasteiger charge is -2.23. The average molecular weight is 476 g/mol. The average Bonchev–Trinajstić information content (AvgIpc) is 3.20. The van der Waals surface area contributed by atoms with Gasteiger partial charge in [0.1, 0.15) is 22.1 Å². The Hall–Kier alpha value is -2.65. The predicted molar refractivity (Wildman–Crippen MR) is 126 cm³/mol. The van der Waals surface area contributed by atoms with E-state index in [0.29, 0.717) is 18.8 Å². The first-order valence-corrected chi connectivity index (χ1v) is 12.9. The number of amides is 1. The molecule has 2 aliphatic rings. The number of sulfonamides is 1. The van der Waals surface area contributed by atoms with Crippen molar-refractivity contribution in [3.05, 3.63) is 47.8 Å². The molecular weight excluding hydrogens is 445 g/mol. The van der Waals surface area contributed by atoms with Crippen LogP contribution in [0.4, 0.5) is 15.8 Å². The molecule has 2 fully saturated rings. The van der Waals surface area contributed by atoms with Crippen LogP contribution >= 0.6 is 0 Å². The van der Waals surface area contributed by atoms with Gasteiger partial charge in [-0.05, 0) is 56.0 Å². The van der Waals surface area contributed by atoms with Gasteiger partial charge in [0.25, 0.3) is 5.91 Å². The standard InChI is InChI=1S/C24H30FN3O4S/c1-32-21-12-11-18(17-22(21)33(30,31)28-15-4-2-3-5-16-28)24(29)26-23-19(25)9-8-10-20(23)27-13-6-7-14-27/h8-12,17H,2-7,13-16H2,1H3,(H,26,29). The Balaban J connectivity index is 1.65. The maximum absolute atomic E-state index is 14.7. The Labute approximate surface area is 194 Å². The van der Waals surface area contributed by atoms with Crippen molar-refractivity contribution in [1.29, 1.82) is 0 Å². The van der Waals surface area contributed by atoms with E-state index in [4.69, 9.17) is 4.74 Å². The second-order valence-corrected chi connectivity index (χ2v) is 10.4. The van der Waals surface area contributed by atoms with Gasteiger partial charge in [-0.25, -0.2) is 12.8 Å². The van der Waals surface area contributed by atoms with Crippen LogP contribution in [-0.2, 0) is 10.0 Å². The molecule has 2 aliphatic heterocycles. The molecule has 2 aromatic carbocycles. The molecule has 0 atom stereocenters. The minimum Gasteiger partial charge on any atom is -0.495 e. The fourth-order valence-corrected chi connectivity index (χ4v) is 6.18. The largest absolute Gasteiger partial charge is 0.495 e. The van der Waals surface area contributed by atoms with Gasteiger partial charge < -0.3 is 15.0 Å². The van der Waals surface area contributed by atoms with Crippen molar-refractivity contribution < 1.29 is 22.3 Å². The molecule has 0 unspecified atom stereocenters. The molecule has 2 saturated heterocycles. The quantitative estimate of drug-likeness (QED) is 0.676. The lowest BCUT2D eigenvalue weighted by Crippen LogP contribution is -2.32. The van der Waals surface area contributed by atoms with Crippen LogP contribution < -0.4 is 15.0 Å². The van der Waals surface area contributed by atoms with Crippen molar-refractivity contribution in [3.63, 3.8) is 0 Å². The Morgan fingerprint density at radius 2 is 1.64 bits per heavy atom. The van der Waals surface area contributed by atoms with Crippen molar-refractivity contribution in [2.75, 3.05) is 43.5 Å². The molecular formula is C24H30FN3O4S. The van der Waals surface area contributed by atoms with Crippen LogP contribution in [-0.4, -0.2) is 51.9 Å². The molecule has 0 saturated carbocycles. The van der Waals surface area contributed by atoms with E-state index in [9.17, 15) is 17.6 Å². The number of hydrogen-bond donors (Lipinski definition) is 1. The smallest absolute Gasteiger partial charge is 0.255 e. The Morgan fingerprint density at radius 3 is 2.30 bits per heavy atom. The minimum atomic E-state index is -3.84. The fraction of sp³-hybridized carbons (Fsp3) is 0.458. The zero-order chi connectivity index (χ0) is 23.4. The zero-order valence-corrected chi connectivity index (χ0v) is 19.7. The van der Waals surface area contributed by atoms with Crippen LogP contribution in [0.15, 0.2) is 41.3 Å². The van der Waals surface area contributed by atoms with Crippen molar-refractivity contribution in [1.82, 2.24) is 4.31 Å². The highest BCUT2D eigenvalue weighted by Crippen LogP contribution is 2.33. The number of benzene rings is 2. The van der Waals surface area contributed by atoms with Gasteiger partial charge in [-0.3, -0.25) is 4.79 Å². The minimum absolute atomic E-state index is 0.0483. The summed E-state index contributed by atoms with van der Waals surface area (Å²) < 4.78 is 48.2. The third-order valence-corrected chi connectivity index (χ3v) is 8.21. The monoisotopic (exact) mass is 475 g/mol. The molecule has 1 amide bonds. The van der Waals surface area contributed by atoms with Gasteiger partial charge in [0, 0.05) is 31.7 Å². The van der Waals surface area contributed by atoms with Gasteiger partial charge in [0.2, 0.25) is 10.0 Å². The number of ether oxygens (including phenoxy) is 1. The molecule has 0 bridgehead atoms. The summed E-state index contributed by atoms with van der Waals surface area (Å²) in [5, 5.41) is 2.67. The third-order valence-electron chi connectivity index (χ3n) is 6.29. The number of rotatable bonds is 6. The summed E-state index contributed by atoms with van der Waals surface area (Å²) in [5.74, 6) is -0.923. The number of nitrogens with one attached hydrogen (secondary N) is 1. The van der Waals surface area contributed by atoms with Crippen molar-refractivity contribution in [2.24, 2.45) is 0 Å². The summed E-state index contributed by atoms with van der Waals surface area (Å²) in [6.07, 6.45) is 5.62. The Kier molecular flexibility index (Phi) is 7.19. The number of anilines is 2. The maximum Gasteiger partial charge on any atom is 0.255 e. The lowest BCUT2D eigenvalue weighted by molar-refractivity contribution is 0.102. The van der Waals surface area contributed by atoms with E-state index in [1.807, 2.05) is 4.90 Å². The number of nitrogens with zero attached hydrogens (tertiary/aromatic N) is 2. The van der Waals surface area contributed by atoms with Crippen LogP contribution in [0.25, 0.3) is 0 Å². The van der Waals surface area contributed by atoms with E-state index < -0.39 is 21.7 Å². The van der Waals surface area contributed by atoms with Gasteiger partial charge in [0.05, 0.1) is 12.8 Å². The molecule has 0 aromatic heterocycles. The fourth-order valence-electron chi connectivity index (χ4n) is 4.48. The molecule has 4 rings (SSSR count). The summed E-state index contributed by atoms with van der Waals surface area (Å²) in [6.45, 7) is 2.48. The van der Waals surface area contributed by atoms with Crippen molar-refractivity contribution >= 4 is 27.3 Å². The van der Waals surface area contributed by atoms with Gasteiger partial charge >= 0.3 is 0 Å². The van der Waals surface area contributed by atoms with Gasteiger partial charge in [-0.15, -0.1) is 0 Å². The summed E-state index contributed by atoms with van der Waals surface area (Å²) in [6, 6.07) is 9.00. The van der Waals surface area contributed by atoms with E-state index in [1.54, 1.807) is 12.1 Å². The van der Waals surface area contributed by atoms with Crippen LogP contribution in [0, 0.1) is 5.82 Å². The molecule has 0 aliphatic carbocycles. The van der Waals surface area contributed by atoms with Crippen LogP contribution in [0.1, 0.15) is 48.9 Å². The number of carbonyl (C=O) groups is 1. The van der Waals surface area contributed by atoms with E-state index in [2.05, 4.69) is 5.32 Å². The number of hydrogen-bond acceptors (Lipinski definition) is 5. The van der Waals surface area contributed by atoms with Crippen molar-refractivity contribution in [2.45, 2.75) is 43.4 Å². The number of methoxy groups -OCH3 is 1. The number of para-hydroxylation sites is 1. The highest BCUT2D eigenvalue weighted by molar-refractivity contribution is 7.89. The van der Waals surface area contributed by atoms with E-state index >= 15 is 0 Å². The normalized spacial score (nSPS) is 17.6. The van der Waals surface area contributed by atoms with E-state index in [0.717, 1.165) is 51.6 Å². The van der Waals surface area contributed by atoms with Crippen LogP contribution in [0.5, 0.6) is 5.75 Å². The molecule has 33 heavy (non-hydrogen) atoms. The highest BCUT2D eigenvalue weighted by atomic mass is 32.2. The van der Waals surface area contributed by atoms with Gasteiger partial charge in [-0.2, -0.15) is 4.31 Å². The molecule has 7 nitrogen and oxygen atoms in total. The molecule has 178 valence electrons. The number of carbonyl (C=O) groups excluding carboxylic acids is 1. The van der Waals surface area contributed by atoms with Crippen molar-refractivity contribution in [3.8, 4) is 5.75 Å². The Morgan fingerprint density at radius 1 is 0.970 bits per heavy atom. The molecule has 0 spiro atoms. The van der Waals surface area contributed by atoms with Gasteiger partial charge in [0.15, 0.2) is 0 Å². The van der Waals surface area contributed by atoms with Crippen LogP contribution in [0.2, 0.25) is 0 Å². The third kappa shape index (κ3) is 4.99. The first-order chi connectivity index (χ1) is 15.9. The molecule has 0 radical (unpaired) electrons.